The van der Waals surface area contributed by atoms with Gasteiger partial charge in [-0.15, -0.1) is 0 Å². The number of benzene rings is 1. The fourth-order valence-corrected chi connectivity index (χ4v) is 6.70. The minimum atomic E-state index is -2.27. The van der Waals surface area contributed by atoms with E-state index in [2.05, 4.69) is 4.98 Å². The van der Waals surface area contributed by atoms with Crippen molar-refractivity contribution >= 4 is 30.9 Å². The lowest BCUT2D eigenvalue weighted by Crippen LogP contribution is -2.45. The Morgan fingerprint density at radius 3 is 2.42 bits per heavy atom. The summed E-state index contributed by atoms with van der Waals surface area (Å²) in [6.07, 6.45) is 0.514. The number of carbonyl (C=O) groups is 3. The highest BCUT2D eigenvalue weighted by atomic mass is 28.3. The summed E-state index contributed by atoms with van der Waals surface area (Å²) in [6.45, 7) is 5.77. The average molecular weight is 517 g/mol. The second-order valence-corrected chi connectivity index (χ2v) is 15.6. The van der Waals surface area contributed by atoms with Gasteiger partial charge in [0.25, 0.3) is 0 Å². The zero-order chi connectivity index (χ0) is 26.4. The fourth-order valence-electron chi connectivity index (χ4n) is 5.12. The number of hydrogen-bond donors (Lipinski definition) is 1. The third-order valence-electron chi connectivity index (χ3n) is 6.88. The molecule has 1 aliphatic carbocycles. The molecule has 0 bridgehead atoms. The van der Waals surface area contributed by atoms with Gasteiger partial charge in [-0.3, -0.25) is 14.4 Å². The van der Waals surface area contributed by atoms with Crippen LogP contribution in [0.1, 0.15) is 35.7 Å². The van der Waals surface area contributed by atoms with Gasteiger partial charge < -0.3 is 14.7 Å². The lowest BCUT2D eigenvalue weighted by atomic mass is 9.90. The predicted octanol–water partition coefficient (Wildman–Crippen LogP) is 3.26. The molecule has 2 aromatic rings. The summed E-state index contributed by atoms with van der Waals surface area (Å²) in [5, 5.41) is 9.16. The number of carboxylic acids is 1. The van der Waals surface area contributed by atoms with Crippen molar-refractivity contribution in [3.05, 3.63) is 52.7 Å². The number of rotatable bonds is 8. The maximum absolute atomic E-state index is 14.8. The minimum Gasteiger partial charge on any atom is -0.481 e. The van der Waals surface area contributed by atoms with Crippen LogP contribution in [-0.2, 0) is 27.2 Å². The smallest absolute Gasteiger partial charge is 0.303 e. The van der Waals surface area contributed by atoms with Crippen LogP contribution in [0.4, 0.5) is 8.78 Å². The molecule has 1 saturated carbocycles. The third kappa shape index (κ3) is 5.18. The number of ether oxygens (including phenoxy) is 1. The highest BCUT2D eigenvalue weighted by molar-refractivity contribution is 6.88. The minimum absolute atomic E-state index is 0.0908. The van der Waals surface area contributed by atoms with Gasteiger partial charge in [-0.2, -0.15) is 0 Å². The number of aliphatic carboxylic acids is 1. The summed E-state index contributed by atoms with van der Waals surface area (Å²) in [5.74, 6) is -3.25. The van der Waals surface area contributed by atoms with Crippen molar-refractivity contribution < 1.29 is 33.0 Å². The number of fused-ring (bicyclic) bond motifs is 1. The number of Topliss-reactive ketones (excluding diaryl/α,β-unsaturated/α-hetero) is 1. The molecule has 36 heavy (non-hydrogen) atoms. The van der Waals surface area contributed by atoms with Gasteiger partial charge in [0, 0.05) is 48.5 Å². The lowest BCUT2D eigenvalue weighted by Gasteiger charge is -2.36. The summed E-state index contributed by atoms with van der Waals surface area (Å²) >= 11 is 0. The summed E-state index contributed by atoms with van der Waals surface area (Å²) in [6, 6.07) is 4.74. The van der Waals surface area contributed by atoms with Crippen molar-refractivity contribution in [3.8, 4) is 5.88 Å². The molecule has 1 aliphatic heterocycles. The molecule has 3 atom stereocenters. The SMILES string of the molecule is COc1ccc2c(n1)CCN(C(=O)[C@@H]1C[C@H]1CC(=O)O)[C@H]2C(=O)Cc1cc(F)c([Si](C)(C)C)c(F)c1. The Hall–Kier alpha value is -3.14. The van der Waals surface area contributed by atoms with Crippen LogP contribution in [0.15, 0.2) is 24.3 Å². The predicted molar refractivity (Wildman–Crippen MR) is 131 cm³/mol. The Bertz CT molecular complexity index is 1210. The van der Waals surface area contributed by atoms with E-state index >= 15 is 0 Å². The highest BCUT2D eigenvalue weighted by Crippen LogP contribution is 2.45. The Kier molecular flexibility index (Phi) is 7.00. The molecular formula is C26H30F2N2O5Si. The number of pyridine rings is 1. The average Bonchev–Trinajstić information content (AvgIpc) is 3.54. The molecule has 4 rings (SSSR count). The zero-order valence-electron chi connectivity index (χ0n) is 20.8. The van der Waals surface area contributed by atoms with Gasteiger partial charge in [0.1, 0.15) is 17.7 Å². The van der Waals surface area contributed by atoms with Crippen molar-refractivity contribution in [2.24, 2.45) is 11.8 Å². The Labute approximate surface area is 209 Å². The van der Waals surface area contributed by atoms with Crippen LogP contribution in [0.3, 0.4) is 0 Å². The second-order valence-electron chi connectivity index (χ2n) is 10.6. The first-order valence-electron chi connectivity index (χ1n) is 12.0. The maximum Gasteiger partial charge on any atom is 0.303 e. The highest BCUT2D eigenvalue weighted by Gasteiger charge is 2.49. The van der Waals surface area contributed by atoms with E-state index in [-0.39, 0.29) is 47.7 Å². The Morgan fingerprint density at radius 2 is 1.83 bits per heavy atom. The van der Waals surface area contributed by atoms with Gasteiger partial charge in [-0.05, 0) is 36.1 Å². The third-order valence-corrected chi connectivity index (χ3v) is 8.86. The van der Waals surface area contributed by atoms with Gasteiger partial charge in [-0.1, -0.05) is 19.6 Å². The first-order valence-corrected chi connectivity index (χ1v) is 15.5. The molecule has 0 radical (unpaired) electrons. The van der Waals surface area contributed by atoms with Crippen LogP contribution >= 0.6 is 0 Å². The normalized spacial score (nSPS) is 21.1. The van der Waals surface area contributed by atoms with Gasteiger partial charge in [0.15, 0.2) is 5.78 Å². The first-order chi connectivity index (χ1) is 16.9. The van der Waals surface area contributed by atoms with Crippen molar-refractivity contribution in [1.82, 2.24) is 9.88 Å². The van der Waals surface area contributed by atoms with E-state index in [9.17, 15) is 23.2 Å². The van der Waals surface area contributed by atoms with Crippen LogP contribution in [0.25, 0.3) is 0 Å². The van der Waals surface area contributed by atoms with E-state index in [1.54, 1.807) is 12.1 Å². The summed E-state index contributed by atoms with van der Waals surface area (Å²) < 4.78 is 34.9. The summed E-state index contributed by atoms with van der Waals surface area (Å²) in [4.78, 5) is 44.0. The standard InChI is InChI=1S/C26H30F2N2O5Si/c1-35-22-6-5-16-20(29-22)7-8-30(26(34)17-12-15(17)13-23(32)33)24(16)21(31)11-14-9-18(27)25(19(28)10-14)36(2,3)4/h5-6,9-10,15,17,24H,7-8,11-13H2,1-4H3,(H,32,33)/t15-,17+,24+/m0/s1. The molecule has 2 aliphatic rings. The van der Waals surface area contributed by atoms with E-state index in [0.29, 0.717) is 30.0 Å². The van der Waals surface area contributed by atoms with Crippen molar-refractivity contribution in [3.63, 3.8) is 0 Å². The van der Waals surface area contributed by atoms with Crippen LogP contribution < -0.4 is 9.92 Å². The number of ketones is 1. The largest absolute Gasteiger partial charge is 0.481 e. The molecule has 1 aromatic heterocycles. The van der Waals surface area contributed by atoms with Gasteiger partial charge in [-0.25, -0.2) is 13.8 Å². The molecule has 0 spiro atoms. The van der Waals surface area contributed by atoms with E-state index in [0.717, 1.165) is 0 Å². The number of nitrogens with zero attached hydrogens (tertiary/aromatic N) is 2. The number of halogens is 2. The van der Waals surface area contributed by atoms with E-state index < -0.39 is 37.6 Å². The van der Waals surface area contributed by atoms with Crippen LogP contribution in [-0.4, -0.2) is 54.4 Å². The van der Waals surface area contributed by atoms with Crippen LogP contribution in [0.5, 0.6) is 5.88 Å². The van der Waals surface area contributed by atoms with Crippen molar-refractivity contribution in [2.75, 3.05) is 13.7 Å². The van der Waals surface area contributed by atoms with Crippen molar-refractivity contribution in [1.29, 1.82) is 0 Å². The molecule has 2 heterocycles. The second kappa shape index (κ2) is 9.72. The monoisotopic (exact) mass is 516 g/mol. The number of methoxy groups -OCH3 is 1. The van der Waals surface area contributed by atoms with Gasteiger partial charge in [0.05, 0.1) is 20.9 Å². The maximum atomic E-state index is 14.8. The summed E-state index contributed by atoms with van der Waals surface area (Å²) in [7, 11) is -0.789. The van der Waals surface area contributed by atoms with E-state index in [4.69, 9.17) is 9.84 Å². The molecule has 1 fully saturated rings. The van der Waals surface area contributed by atoms with Crippen LogP contribution in [0, 0.1) is 23.5 Å². The molecule has 1 amide bonds. The van der Waals surface area contributed by atoms with Gasteiger partial charge in [0.2, 0.25) is 11.8 Å². The molecule has 0 unspecified atom stereocenters. The van der Waals surface area contributed by atoms with Crippen LogP contribution in [0.2, 0.25) is 19.6 Å². The fraction of sp³-hybridized carbons (Fsp3) is 0.462. The van der Waals surface area contributed by atoms with Crippen molar-refractivity contribution in [2.45, 2.75) is 51.4 Å². The zero-order valence-corrected chi connectivity index (χ0v) is 21.8. The van der Waals surface area contributed by atoms with E-state index in [1.165, 1.54) is 24.1 Å². The molecule has 10 heteroatoms. The number of hydrogen-bond acceptors (Lipinski definition) is 5. The Morgan fingerprint density at radius 1 is 1.17 bits per heavy atom. The van der Waals surface area contributed by atoms with E-state index in [1.807, 2.05) is 19.6 Å². The quantitative estimate of drug-likeness (QED) is 0.541. The first kappa shape index (κ1) is 25.9. The summed E-state index contributed by atoms with van der Waals surface area (Å²) in [5.41, 5.74) is 1.38. The number of amides is 1. The molecule has 1 N–H and O–H groups in total. The molecular weight excluding hydrogens is 486 g/mol. The Balaban J connectivity index is 1.65. The number of carboxylic acid groups (broad SMARTS) is 1. The molecule has 1 aromatic carbocycles. The topological polar surface area (TPSA) is 96.8 Å². The number of aromatic nitrogens is 1. The lowest BCUT2D eigenvalue weighted by molar-refractivity contribution is -0.142. The molecule has 0 saturated heterocycles. The number of carbonyl (C=O) groups excluding carboxylic acids is 2. The molecule has 7 nitrogen and oxygen atoms in total. The van der Waals surface area contributed by atoms with Gasteiger partial charge >= 0.3 is 5.97 Å². The molecule has 192 valence electrons.